The van der Waals surface area contributed by atoms with Crippen LogP contribution in [0.15, 0.2) is 41.3 Å². The van der Waals surface area contributed by atoms with Crippen molar-refractivity contribution in [1.29, 1.82) is 0 Å². The van der Waals surface area contributed by atoms with E-state index in [1.54, 1.807) is 6.07 Å². The fourth-order valence-corrected chi connectivity index (χ4v) is 3.18. The fraction of sp³-hybridized carbons (Fsp3) is 0.286. The van der Waals surface area contributed by atoms with Gasteiger partial charge in [0.05, 0.1) is 18.1 Å². The van der Waals surface area contributed by atoms with Crippen molar-refractivity contribution in [3.8, 4) is 5.75 Å². The molecular weight excluding hydrogens is 337 g/mol. The molecule has 0 saturated carbocycles. The van der Waals surface area contributed by atoms with Gasteiger partial charge in [0, 0.05) is 10.8 Å². The molecule has 0 spiro atoms. The average molecular weight is 348 g/mol. The number of hydrogen-bond donors (Lipinski definition) is 0. The second-order valence-electron chi connectivity index (χ2n) is 4.70. The van der Waals surface area contributed by atoms with Crippen LogP contribution < -0.4 is 4.74 Å². The van der Waals surface area contributed by atoms with E-state index in [0.29, 0.717) is 13.2 Å². The molecule has 9 heteroatoms. The quantitative estimate of drug-likeness (QED) is 0.854. The van der Waals surface area contributed by atoms with Crippen LogP contribution in [0.5, 0.6) is 5.75 Å². The Hall–Kier alpha value is -1.84. The van der Waals surface area contributed by atoms with Gasteiger partial charge in [0.25, 0.3) is 9.84 Å². The molecule has 1 aliphatic heterocycles. The minimum absolute atomic E-state index is 0.0830. The Balaban J connectivity index is 2.13. The van der Waals surface area contributed by atoms with E-state index in [9.17, 15) is 21.6 Å². The normalized spacial score (nSPS) is 16.8. The summed E-state index contributed by atoms with van der Waals surface area (Å²) < 4.78 is 77.5. The highest BCUT2D eigenvalue weighted by Crippen LogP contribution is 2.37. The Morgan fingerprint density at radius 1 is 1.00 bits per heavy atom. The predicted octanol–water partition coefficient (Wildman–Crippen LogP) is 2.84. The van der Waals surface area contributed by atoms with Crippen LogP contribution in [-0.4, -0.2) is 33.6 Å². The van der Waals surface area contributed by atoms with Crippen molar-refractivity contribution in [2.45, 2.75) is 16.9 Å². The molecule has 2 aromatic carbocycles. The molecule has 0 N–H and O–H groups in total. The highest BCUT2D eigenvalue weighted by Gasteiger charge is 2.47. The van der Waals surface area contributed by atoms with E-state index in [1.807, 2.05) is 0 Å². The van der Waals surface area contributed by atoms with Gasteiger partial charge in [0.15, 0.2) is 0 Å². The van der Waals surface area contributed by atoms with Gasteiger partial charge in [-0.1, -0.05) is 24.3 Å². The van der Waals surface area contributed by atoms with Crippen molar-refractivity contribution < 1.29 is 35.8 Å². The molecule has 0 aliphatic carbocycles. The summed E-state index contributed by atoms with van der Waals surface area (Å²) in [6, 6.07) is 7.80. The Labute approximate surface area is 129 Å². The van der Waals surface area contributed by atoms with E-state index in [2.05, 4.69) is 0 Å². The van der Waals surface area contributed by atoms with E-state index in [0.717, 1.165) is 12.1 Å². The molecule has 1 aliphatic rings. The Morgan fingerprint density at radius 3 is 2.22 bits per heavy atom. The van der Waals surface area contributed by atoms with Gasteiger partial charge in [-0.2, -0.15) is 13.2 Å². The smallest absolute Gasteiger partial charge is 0.441 e. The van der Waals surface area contributed by atoms with Crippen LogP contribution in [0.3, 0.4) is 0 Å². The summed E-state index contributed by atoms with van der Waals surface area (Å²) in [5.74, 6) is 0.175. The minimum Gasteiger partial charge on any atom is -0.441 e. The average Bonchev–Trinajstić information content (AvgIpc) is 2.99. The van der Waals surface area contributed by atoms with Gasteiger partial charge in [-0.05, 0) is 12.1 Å². The monoisotopic (exact) mass is 348 g/mol. The third kappa shape index (κ3) is 2.87. The van der Waals surface area contributed by atoms with Gasteiger partial charge >= 0.3 is 12.0 Å². The molecule has 1 heterocycles. The molecule has 5 nitrogen and oxygen atoms in total. The summed E-state index contributed by atoms with van der Waals surface area (Å²) in [6.07, 6.45) is 0. The SMILES string of the molecule is O=S(=O)(c1ccc(OC2OCCO2)c2ccccc12)C(F)(F)F. The lowest BCUT2D eigenvalue weighted by molar-refractivity contribution is -0.175. The zero-order valence-electron chi connectivity index (χ0n) is 11.5. The van der Waals surface area contributed by atoms with Crippen LogP contribution in [0.25, 0.3) is 10.8 Å². The summed E-state index contributed by atoms with van der Waals surface area (Å²) in [4.78, 5) is -0.818. The molecule has 1 fully saturated rings. The molecular formula is C14H11F3O5S. The van der Waals surface area contributed by atoms with Gasteiger partial charge < -0.3 is 14.2 Å². The molecule has 1 saturated heterocycles. The maximum absolute atomic E-state index is 12.8. The molecule has 3 rings (SSSR count). The third-order valence-electron chi connectivity index (χ3n) is 3.25. The largest absolute Gasteiger partial charge is 0.501 e. The first kappa shape index (κ1) is 16.0. The molecule has 23 heavy (non-hydrogen) atoms. The van der Waals surface area contributed by atoms with Crippen molar-refractivity contribution in [3.05, 3.63) is 36.4 Å². The van der Waals surface area contributed by atoms with E-state index in [4.69, 9.17) is 14.2 Å². The summed E-state index contributed by atoms with van der Waals surface area (Å²) in [7, 11) is -5.47. The second-order valence-corrected chi connectivity index (χ2v) is 6.61. The fourth-order valence-electron chi connectivity index (χ4n) is 2.21. The summed E-state index contributed by atoms with van der Waals surface area (Å²) in [6.45, 7) is -0.296. The molecule has 0 unspecified atom stereocenters. The van der Waals surface area contributed by atoms with Crippen molar-refractivity contribution in [2.24, 2.45) is 0 Å². The van der Waals surface area contributed by atoms with Gasteiger partial charge in [-0.15, -0.1) is 0 Å². The first-order valence-electron chi connectivity index (χ1n) is 6.54. The summed E-state index contributed by atoms with van der Waals surface area (Å²) >= 11 is 0. The number of fused-ring (bicyclic) bond motifs is 1. The van der Waals surface area contributed by atoms with Crippen LogP contribution in [0.2, 0.25) is 0 Å². The first-order valence-corrected chi connectivity index (χ1v) is 8.02. The molecule has 0 bridgehead atoms. The Kier molecular flexibility index (Phi) is 3.95. The van der Waals surface area contributed by atoms with Crippen LogP contribution >= 0.6 is 0 Å². The number of hydrogen-bond acceptors (Lipinski definition) is 5. The highest BCUT2D eigenvalue weighted by molar-refractivity contribution is 7.92. The number of rotatable bonds is 3. The number of benzene rings is 2. The minimum atomic E-state index is -5.47. The number of sulfone groups is 1. The van der Waals surface area contributed by atoms with Gasteiger partial charge in [0.2, 0.25) is 0 Å². The van der Waals surface area contributed by atoms with Crippen LogP contribution in [-0.2, 0) is 19.3 Å². The molecule has 0 atom stereocenters. The van der Waals surface area contributed by atoms with E-state index < -0.39 is 26.7 Å². The standard InChI is InChI=1S/C14H11F3O5S/c15-14(16,17)23(18,19)12-6-5-11(22-13-20-7-8-21-13)9-3-1-2-4-10(9)12/h1-6,13H,7-8H2. The number of ether oxygens (including phenoxy) is 3. The maximum Gasteiger partial charge on any atom is 0.501 e. The number of alkyl halides is 3. The van der Waals surface area contributed by atoms with E-state index >= 15 is 0 Å². The Morgan fingerprint density at radius 2 is 1.61 bits per heavy atom. The lowest BCUT2D eigenvalue weighted by Gasteiger charge is -2.16. The van der Waals surface area contributed by atoms with Crippen LogP contribution in [0.4, 0.5) is 13.2 Å². The molecule has 0 radical (unpaired) electrons. The van der Waals surface area contributed by atoms with Crippen molar-refractivity contribution >= 4 is 20.6 Å². The molecule has 0 amide bonds. The zero-order chi connectivity index (χ0) is 16.7. The molecule has 0 aromatic heterocycles. The van der Waals surface area contributed by atoms with Crippen molar-refractivity contribution in [2.75, 3.05) is 13.2 Å². The zero-order valence-corrected chi connectivity index (χ0v) is 12.4. The third-order valence-corrected chi connectivity index (χ3v) is 4.80. The van der Waals surface area contributed by atoms with Crippen molar-refractivity contribution in [1.82, 2.24) is 0 Å². The van der Waals surface area contributed by atoms with Crippen molar-refractivity contribution in [3.63, 3.8) is 0 Å². The lowest BCUT2D eigenvalue weighted by atomic mass is 10.1. The van der Waals surface area contributed by atoms with Gasteiger partial charge in [-0.3, -0.25) is 0 Å². The lowest BCUT2D eigenvalue weighted by Crippen LogP contribution is -2.23. The topological polar surface area (TPSA) is 61.8 Å². The molecule has 124 valence electrons. The van der Waals surface area contributed by atoms with Gasteiger partial charge in [0.1, 0.15) is 5.75 Å². The second kappa shape index (κ2) is 5.66. The van der Waals surface area contributed by atoms with Crippen LogP contribution in [0, 0.1) is 0 Å². The highest BCUT2D eigenvalue weighted by atomic mass is 32.2. The Bertz CT molecular complexity index is 826. The predicted molar refractivity (Wildman–Crippen MR) is 73.5 cm³/mol. The van der Waals surface area contributed by atoms with Crippen LogP contribution in [0.1, 0.15) is 0 Å². The first-order chi connectivity index (χ1) is 10.8. The maximum atomic E-state index is 12.8. The van der Waals surface area contributed by atoms with Gasteiger partial charge in [-0.25, -0.2) is 8.42 Å². The molecule has 2 aromatic rings. The number of halogens is 3. The van der Waals surface area contributed by atoms with E-state index in [1.165, 1.54) is 18.2 Å². The summed E-state index contributed by atoms with van der Waals surface area (Å²) in [5, 5.41) is 0.136. The van der Waals surface area contributed by atoms with E-state index in [-0.39, 0.29) is 16.5 Å². The summed E-state index contributed by atoms with van der Waals surface area (Å²) in [5.41, 5.74) is -5.38.